The Bertz CT molecular complexity index is 677. The number of halogens is 2. The molecule has 0 amide bonds. The standard InChI is InChI=1S/C13H14F2N4O3/c1-17(9-2-3-12(14)13(15)4-9)7-11(20)8-18-6-10(5-16-18)19(21)22/h2-6,11,20H,7-8H2,1H3. The van der Waals surface area contributed by atoms with Crippen molar-refractivity contribution in [2.45, 2.75) is 12.6 Å². The van der Waals surface area contributed by atoms with E-state index >= 15 is 0 Å². The molecular formula is C13H14F2N4O3. The van der Waals surface area contributed by atoms with E-state index in [0.717, 1.165) is 18.3 Å². The minimum Gasteiger partial charge on any atom is -0.389 e. The van der Waals surface area contributed by atoms with E-state index < -0.39 is 22.7 Å². The van der Waals surface area contributed by atoms with Crippen LogP contribution in [0.1, 0.15) is 0 Å². The van der Waals surface area contributed by atoms with Gasteiger partial charge < -0.3 is 10.0 Å². The van der Waals surface area contributed by atoms with Crippen LogP contribution >= 0.6 is 0 Å². The summed E-state index contributed by atoms with van der Waals surface area (Å²) in [6.45, 7) is 0.167. The Morgan fingerprint density at radius 2 is 2.18 bits per heavy atom. The highest BCUT2D eigenvalue weighted by atomic mass is 19.2. The van der Waals surface area contributed by atoms with Crippen molar-refractivity contribution in [3.8, 4) is 0 Å². The first-order chi connectivity index (χ1) is 10.4. The Kier molecular flexibility index (Phi) is 4.66. The predicted octanol–water partition coefficient (Wildman–Crippen LogP) is 1.57. The average Bonchev–Trinajstić information content (AvgIpc) is 2.90. The molecule has 0 spiro atoms. The van der Waals surface area contributed by atoms with Crippen LogP contribution in [-0.2, 0) is 6.54 Å². The first kappa shape index (κ1) is 15.8. The highest BCUT2D eigenvalue weighted by Crippen LogP contribution is 2.17. The molecular weight excluding hydrogens is 298 g/mol. The van der Waals surface area contributed by atoms with Crippen molar-refractivity contribution in [3.63, 3.8) is 0 Å². The van der Waals surface area contributed by atoms with E-state index in [1.165, 1.54) is 16.9 Å². The number of nitro groups is 1. The largest absolute Gasteiger partial charge is 0.389 e. The molecule has 9 heteroatoms. The third kappa shape index (κ3) is 3.76. The van der Waals surface area contributed by atoms with Crippen molar-refractivity contribution >= 4 is 11.4 Å². The second-order valence-electron chi connectivity index (χ2n) is 4.81. The number of hydrogen-bond donors (Lipinski definition) is 1. The summed E-state index contributed by atoms with van der Waals surface area (Å²) in [5.74, 6) is -1.91. The molecule has 1 aromatic carbocycles. The van der Waals surface area contributed by atoms with Crippen molar-refractivity contribution < 1.29 is 18.8 Å². The quantitative estimate of drug-likeness (QED) is 0.646. The number of anilines is 1. The van der Waals surface area contributed by atoms with Gasteiger partial charge in [-0.3, -0.25) is 14.8 Å². The maximum Gasteiger partial charge on any atom is 0.306 e. The summed E-state index contributed by atoms with van der Waals surface area (Å²) < 4.78 is 27.3. The summed E-state index contributed by atoms with van der Waals surface area (Å²) in [4.78, 5) is 11.5. The lowest BCUT2D eigenvalue weighted by atomic mass is 10.2. The molecule has 0 bridgehead atoms. The van der Waals surface area contributed by atoms with E-state index in [-0.39, 0.29) is 18.8 Å². The first-order valence-corrected chi connectivity index (χ1v) is 6.38. The van der Waals surface area contributed by atoms with Crippen LogP contribution < -0.4 is 4.90 Å². The summed E-state index contributed by atoms with van der Waals surface area (Å²) in [6.07, 6.45) is 1.41. The van der Waals surface area contributed by atoms with Gasteiger partial charge in [0.25, 0.3) is 0 Å². The van der Waals surface area contributed by atoms with Gasteiger partial charge in [0.1, 0.15) is 12.4 Å². The number of aliphatic hydroxyl groups is 1. The van der Waals surface area contributed by atoms with Gasteiger partial charge in [0, 0.05) is 25.3 Å². The lowest BCUT2D eigenvalue weighted by Crippen LogP contribution is -2.32. The second-order valence-corrected chi connectivity index (χ2v) is 4.81. The number of aliphatic hydroxyl groups excluding tert-OH is 1. The van der Waals surface area contributed by atoms with Crippen LogP contribution in [0.25, 0.3) is 0 Å². The minimum absolute atomic E-state index is 0.0435. The lowest BCUT2D eigenvalue weighted by Gasteiger charge is -2.22. The van der Waals surface area contributed by atoms with E-state index in [2.05, 4.69) is 5.10 Å². The van der Waals surface area contributed by atoms with Crippen LogP contribution in [0.4, 0.5) is 20.2 Å². The van der Waals surface area contributed by atoms with Gasteiger partial charge in [-0.1, -0.05) is 0 Å². The minimum atomic E-state index is -0.971. The average molecular weight is 312 g/mol. The zero-order valence-corrected chi connectivity index (χ0v) is 11.7. The Morgan fingerprint density at radius 3 is 2.77 bits per heavy atom. The molecule has 0 fully saturated rings. The highest BCUT2D eigenvalue weighted by molar-refractivity contribution is 5.46. The van der Waals surface area contributed by atoms with Gasteiger partial charge in [0.15, 0.2) is 11.6 Å². The molecule has 118 valence electrons. The van der Waals surface area contributed by atoms with Gasteiger partial charge in [0.2, 0.25) is 0 Å². The number of nitrogens with zero attached hydrogens (tertiary/aromatic N) is 4. The number of benzene rings is 1. The molecule has 2 aromatic rings. The van der Waals surface area contributed by atoms with Gasteiger partial charge in [0.05, 0.1) is 17.6 Å². The zero-order chi connectivity index (χ0) is 16.3. The molecule has 1 aromatic heterocycles. The molecule has 22 heavy (non-hydrogen) atoms. The summed E-state index contributed by atoms with van der Waals surface area (Å²) in [6, 6.07) is 3.43. The number of likely N-dealkylation sites (N-methyl/N-ethyl adjacent to an activating group) is 1. The van der Waals surface area contributed by atoms with Crippen molar-refractivity contribution in [1.82, 2.24) is 9.78 Å². The molecule has 0 aliphatic carbocycles. The molecule has 2 rings (SSSR count). The maximum absolute atomic E-state index is 13.2. The Hall–Kier alpha value is -2.55. The van der Waals surface area contributed by atoms with Crippen LogP contribution in [-0.4, -0.2) is 39.5 Å². The fourth-order valence-electron chi connectivity index (χ4n) is 1.96. The molecule has 1 atom stereocenters. The van der Waals surface area contributed by atoms with E-state index in [1.807, 2.05) is 0 Å². The predicted molar refractivity (Wildman–Crippen MR) is 74.5 cm³/mol. The topological polar surface area (TPSA) is 84.4 Å². The molecule has 1 heterocycles. The molecule has 0 aliphatic rings. The molecule has 7 nitrogen and oxygen atoms in total. The fraction of sp³-hybridized carbons (Fsp3) is 0.308. The molecule has 0 aliphatic heterocycles. The highest BCUT2D eigenvalue weighted by Gasteiger charge is 2.14. The van der Waals surface area contributed by atoms with Crippen LogP contribution in [0.5, 0.6) is 0 Å². The Morgan fingerprint density at radius 1 is 1.45 bits per heavy atom. The van der Waals surface area contributed by atoms with Crippen molar-refractivity contribution in [3.05, 3.63) is 52.3 Å². The second kappa shape index (κ2) is 6.48. The number of aromatic nitrogens is 2. The molecule has 1 N–H and O–H groups in total. The van der Waals surface area contributed by atoms with Gasteiger partial charge in [-0.2, -0.15) is 5.10 Å². The first-order valence-electron chi connectivity index (χ1n) is 6.38. The number of hydrogen-bond acceptors (Lipinski definition) is 5. The van der Waals surface area contributed by atoms with Crippen LogP contribution in [0.3, 0.4) is 0 Å². The maximum atomic E-state index is 13.2. The van der Waals surface area contributed by atoms with E-state index in [0.29, 0.717) is 5.69 Å². The zero-order valence-electron chi connectivity index (χ0n) is 11.7. The van der Waals surface area contributed by atoms with Crippen LogP contribution in [0.15, 0.2) is 30.6 Å². The normalized spacial score (nSPS) is 12.2. The molecule has 0 saturated heterocycles. The Balaban J connectivity index is 1.96. The van der Waals surface area contributed by atoms with E-state index in [1.54, 1.807) is 11.9 Å². The monoisotopic (exact) mass is 312 g/mol. The van der Waals surface area contributed by atoms with Gasteiger partial charge in [-0.25, -0.2) is 8.78 Å². The van der Waals surface area contributed by atoms with Gasteiger partial charge in [-0.15, -0.1) is 0 Å². The van der Waals surface area contributed by atoms with Gasteiger partial charge >= 0.3 is 5.69 Å². The summed E-state index contributed by atoms with van der Waals surface area (Å²) in [5.41, 5.74) is 0.241. The van der Waals surface area contributed by atoms with Crippen molar-refractivity contribution in [2.24, 2.45) is 0 Å². The van der Waals surface area contributed by atoms with E-state index in [4.69, 9.17) is 0 Å². The smallest absolute Gasteiger partial charge is 0.306 e. The Labute approximate surface area is 124 Å². The van der Waals surface area contributed by atoms with Crippen LogP contribution in [0, 0.1) is 21.7 Å². The number of rotatable bonds is 6. The van der Waals surface area contributed by atoms with Crippen molar-refractivity contribution in [2.75, 3.05) is 18.5 Å². The summed E-state index contributed by atoms with van der Waals surface area (Å²) in [5, 5.41) is 24.3. The van der Waals surface area contributed by atoms with Crippen LogP contribution in [0.2, 0.25) is 0 Å². The molecule has 0 saturated carbocycles. The lowest BCUT2D eigenvalue weighted by molar-refractivity contribution is -0.385. The van der Waals surface area contributed by atoms with E-state index in [9.17, 15) is 24.0 Å². The SMILES string of the molecule is CN(CC(O)Cn1cc([N+](=O)[O-])cn1)c1ccc(F)c(F)c1. The third-order valence-corrected chi connectivity index (χ3v) is 3.06. The molecule has 0 radical (unpaired) electrons. The van der Waals surface area contributed by atoms with Crippen molar-refractivity contribution in [1.29, 1.82) is 0 Å². The third-order valence-electron chi connectivity index (χ3n) is 3.06. The summed E-state index contributed by atoms with van der Waals surface area (Å²) in [7, 11) is 1.61. The summed E-state index contributed by atoms with van der Waals surface area (Å²) >= 11 is 0. The molecule has 1 unspecified atom stereocenters. The fourth-order valence-corrected chi connectivity index (χ4v) is 1.96. The van der Waals surface area contributed by atoms with Gasteiger partial charge in [-0.05, 0) is 12.1 Å².